The predicted molar refractivity (Wildman–Crippen MR) is 59.2 cm³/mol. The van der Waals surface area contributed by atoms with E-state index < -0.39 is 11.9 Å². The monoisotopic (exact) mass is 247 g/mol. The van der Waals surface area contributed by atoms with Crippen LogP contribution < -0.4 is 11.5 Å². The van der Waals surface area contributed by atoms with Crippen LogP contribution in [0.2, 0.25) is 0 Å². The van der Waals surface area contributed by atoms with Crippen molar-refractivity contribution >= 4 is 28.4 Å². The van der Waals surface area contributed by atoms with Gasteiger partial charge in [-0.05, 0) is 0 Å². The fourth-order valence-electron chi connectivity index (χ4n) is 0.677. The first-order valence-corrected chi connectivity index (χ1v) is 5.11. The molecule has 0 atom stereocenters. The maximum Gasteiger partial charge on any atom is 0.308 e. The Morgan fingerprint density at radius 2 is 2.00 bits per heavy atom. The summed E-state index contributed by atoms with van der Waals surface area (Å²) in [5, 5.41) is 16.6. The van der Waals surface area contributed by atoms with Crippen LogP contribution in [0.3, 0.4) is 0 Å². The molecule has 0 bridgehead atoms. The minimum absolute atomic E-state index is 0.00880. The lowest BCUT2D eigenvalue weighted by molar-refractivity contribution is -0.137. The van der Waals surface area contributed by atoms with Crippen molar-refractivity contribution in [3.63, 3.8) is 0 Å². The van der Waals surface area contributed by atoms with Gasteiger partial charge in [-0.1, -0.05) is 0 Å². The van der Waals surface area contributed by atoms with Crippen LogP contribution in [0.4, 0.5) is 5.13 Å². The molecule has 0 aliphatic heterocycles. The molecule has 0 aliphatic carbocycles. The lowest BCUT2D eigenvalue weighted by Gasteiger charge is -1.84. The number of thiazole rings is 1. The maximum atomic E-state index is 10.1. The van der Waals surface area contributed by atoms with E-state index in [-0.39, 0.29) is 19.4 Å². The van der Waals surface area contributed by atoms with E-state index in [2.05, 4.69) is 4.98 Å². The number of carboxylic acid groups (broad SMARTS) is 2. The molecule has 0 spiro atoms. The zero-order valence-corrected chi connectivity index (χ0v) is 9.24. The highest BCUT2D eigenvalue weighted by molar-refractivity contribution is 7.15. The number of aliphatic carboxylic acids is 2. The van der Waals surface area contributed by atoms with Crippen LogP contribution in [0.1, 0.15) is 11.3 Å². The Morgan fingerprint density at radius 3 is 2.25 bits per heavy atom. The molecule has 0 fully saturated rings. The number of carboxylic acids is 2. The predicted octanol–water partition coefficient (Wildman–Crippen LogP) is -0.228. The van der Waals surface area contributed by atoms with Crippen molar-refractivity contribution in [3.8, 4) is 0 Å². The molecule has 8 heteroatoms. The van der Waals surface area contributed by atoms with Crippen molar-refractivity contribution in [1.82, 2.24) is 4.98 Å². The number of carbonyl (C=O) groups is 2. The standard InChI is InChI=1S/C5H6N2O2S.C3H7NO2/c6-5-7-2-3(10-5)1-4(8)9;4-2-1-3(5)6/h2H,1H2,(H2,6,7)(H,8,9);1-2,4H2,(H,5,6). The summed E-state index contributed by atoms with van der Waals surface area (Å²) in [7, 11) is 0. The van der Waals surface area contributed by atoms with Crippen molar-refractivity contribution in [2.24, 2.45) is 5.73 Å². The summed E-state index contributed by atoms with van der Waals surface area (Å²) < 4.78 is 0. The van der Waals surface area contributed by atoms with Gasteiger partial charge in [0.25, 0.3) is 0 Å². The zero-order valence-electron chi connectivity index (χ0n) is 8.42. The van der Waals surface area contributed by atoms with Crippen molar-refractivity contribution in [2.75, 3.05) is 12.3 Å². The van der Waals surface area contributed by atoms with E-state index in [9.17, 15) is 9.59 Å². The topological polar surface area (TPSA) is 140 Å². The highest BCUT2D eigenvalue weighted by Crippen LogP contribution is 2.14. The van der Waals surface area contributed by atoms with Crippen LogP contribution in [0, 0.1) is 0 Å². The third-order valence-electron chi connectivity index (χ3n) is 1.26. The first kappa shape index (κ1) is 14.3. The molecule has 0 saturated carbocycles. The molecule has 7 nitrogen and oxygen atoms in total. The lowest BCUT2D eigenvalue weighted by Crippen LogP contribution is -2.05. The number of aromatic nitrogens is 1. The molecule has 0 aliphatic rings. The third-order valence-corrected chi connectivity index (χ3v) is 2.08. The quantitative estimate of drug-likeness (QED) is 0.576. The van der Waals surface area contributed by atoms with Gasteiger partial charge in [-0.25, -0.2) is 4.98 Å². The molecule has 1 aromatic heterocycles. The molecule has 0 amide bonds. The summed E-state index contributed by atoms with van der Waals surface area (Å²) in [5.74, 6) is -1.69. The van der Waals surface area contributed by atoms with Gasteiger partial charge in [-0.2, -0.15) is 0 Å². The molecular weight excluding hydrogens is 234 g/mol. The second-order valence-electron chi connectivity index (χ2n) is 2.67. The van der Waals surface area contributed by atoms with Crippen molar-refractivity contribution in [2.45, 2.75) is 12.8 Å². The molecule has 0 radical (unpaired) electrons. The molecule has 1 aromatic rings. The summed E-state index contributed by atoms with van der Waals surface area (Å²) >= 11 is 1.20. The summed E-state index contributed by atoms with van der Waals surface area (Å²) in [6, 6.07) is 0. The van der Waals surface area contributed by atoms with E-state index in [1.807, 2.05) is 0 Å². The van der Waals surface area contributed by atoms with E-state index in [4.69, 9.17) is 21.7 Å². The van der Waals surface area contributed by atoms with E-state index in [1.165, 1.54) is 17.5 Å². The van der Waals surface area contributed by atoms with Crippen LogP contribution in [-0.2, 0) is 16.0 Å². The fourth-order valence-corrected chi connectivity index (χ4v) is 1.35. The molecule has 0 aromatic carbocycles. The smallest absolute Gasteiger partial charge is 0.308 e. The molecule has 6 N–H and O–H groups in total. The highest BCUT2D eigenvalue weighted by atomic mass is 32.1. The molecule has 0 unspecified atom stereocenters. The van der Waals surface area contributed by atoms with Gasteiger partial charge in [-0.3, -0.25) is 9.59 Å². The maximum absolute atomic E-state index is 10.1. The molecule has 1 heterocycles. The molecule has 90 valence electrons. The number of nitrogens with zero attached hydrogens (tertiary/aromatic N) is 1. The molecule has 16 heavy (non-hydrogen) atoms. The Morgan fingerprint density at radius 1 is 1.38 bits per heavy atom. The number of anilines is 1. The SMILES string of the molecule is NCCC(=O)O.Nc1ncc(CC(=O)O)s1. The van der Waals surface area contributed by atoms with Crippen molar-refractivity contribution in [1.29, 1.82) is 0 Å². The van der Waals surface area contributed by atoms with Gasteiger partial charge in [0.2, 0.25) is 0 Å². The van der Waals surface area contributed by atoms with Gasteiger partial charge >= 0.3 is 11.9 Å². The van der Waals surface area contributed by atoms with Crippen molar-refractivity contribution in [3.05, 3.63) is 11.1 Å². The summed E-state index contributed by atoms with van der Waals surface area (Å²) in [6.45, 7) is 0.231. The minimum atomic E-state index is -0.858. The lowest BCUT2D eigenvalue weighted by atomic mass is 10.4. The van der Waals surface area contributed by atoms with Gasteiger partial charge in [-0.15, -0.1) is 11.3 Å². The Bertz CT molecular complexity index is 353. The van der Waals surface area contributed by atoms with Crippen LogP contribution in [-0.4, -0.2) is 33.7 Å². The number of hydrogen-bond donors (Lipinski definition) is 4. The van der Waals surface area contributed by atoms with Gasteiger partial charge in [0.1, 0.15) is 0 Å². The Hall–Kier alpha value is -1.67. The van der Waals surface area contributed by atoms with E-state index >= 15 is 0 Å². The summed E-state index contributed by atoms with van der Waals surface area (Å²) in [5.41, 5.74) is 10.1. The van der Waals surface area contributed by atoms with Gasteiger partial charge in [0.05, 0.1) is 12.8 Å². The van der Waals surface area contributed by atoms with E-state index in [1.54, 1.807) is 0 Å². The summed E-state index contributed by atoms with van der Waals surface area (Å²) in [4.78, 5) is 24.0. The second-order valence-corrected chi connectivity index (χ2v) is 3.81. The average molecular weight is 247 g/mol. The van der Waals surface area contributed by atoms with Gasteiger partial charge < -0.3 is 21.7 Å². The fraction of sp³-hybridized carbons (Fsp3) is 0.375. The largest absolute Gasteiger partial charge is 0.481 e. The first-order chi connectivity index (χ1) is 7.45. The minimum Gasteiger partial charge on any atom is -0.481 e. The number of nitrogens with two attached hydrogens (primary N) is 2. The Balaban J connectivity index is 0.000000325. The number of rotatable bonds is 4. The van der Waals surface area contributed by atoms with E-state index in [0.29, 0.717) is 10.0 Å². The zero-order chi connectivity index (χ0) is 12.6. The average Bonchev–Trinajstić information content (AvgIpc) is 2.50. The highest BCUT2D eigenvalue weighted by Gasteiger charge is 2.02. The van der Waals surface area contributed by atoms with Gasteiger partial charge in [0, 0.05) is 17.6 Å². The van der Waals surface area contributed by atoms with Gasteiger partial charge in [0.15, 0.2) is 5.13 Å². The molecular formula is C8H13N3O4S. The second kappa shape index (κ2) is 7.60. The summed E-state index contributed by atoms with van der Waals surface area (Å²) in [6.07, 6.45) is 1.56. The normalized spacial score (nSPS) is 9.06. The van der Waals surface area contributed by atoms with E-state index in [0.717, 1.165) is 0 Å². The molecule has 1 rings (SSSR count). The van der Waals surface area contributed by atoms with Crippen LogP contribution in [0.25, 0.3) is 0 Å². The first-order valence-electron chi connectivity index (χ1n) is 4.29. The third kappa shape index (κ3) is 7.71. The van der Waals surface area contributed by atoms with Crippen LogP contribution in [0.5, 0.6) is 0 Å². The Labute approximate surface area is 95.7 Å². The number of hydrogen-bond acceptors (Lipinski definition) is 6. The number of nitrogen functional groups attached to an aromatic ring is 1. The van der Waals surface area contributed by atoms with Crippen LogP contribution in [0.15, 0.2) is 6.20 Å². The van der Waals surface area contributed by atoms with Crippen molar-refractivity contribution < 1.29 is 19.8 Å². The Kier molecular flexibility index (Phi) is 6.81. The van der Waals surface area contributed by atoms with Crippen LogP contribution >= 0.6 is 11.3 Å². The molecule has 0 saturated heterocycles.